The number of piperidine rings is 1. The molecule has 1 saturated carbocycles. The van der Waals surface area contributed by atoms with Crippen molar-refractivity contribution in [3.05, 3.63) is 29.8 Å². The van der Waals surface area contributed by atoms with Crippen LogP contribution in [0.4, 0.5) is 0 Å². The van der Waals surface area contributed by atoms with Crippen molar-refractivity contribution in [2.24, 2.45) is 5.73 Å². The van der Waals surface area contributed by atoms with Crippen LogP contribution in [0.25, 0.3) is 0 Å². The Kier molecular flexibility index (Phi) is 3.50. The third-order valence-electron chi connectivity index (χ3n) is 4.23. The topological polar surface area (TPSA) is 38.5 Å². The van der Waals surface area contributed by atoms with E-state index in [0.717, 1.165) is 38.0 Å². The summed E-state index contributed by atoms with van der Waals surface area (Å²) in [4.78, 5) is 2.34. The molecule has 1 aliphatic carbocycles. The summed E-state index contributed by atoms with van der Waals surface area (Å²) in [5.74, 6) is 1.00. The van der Waals surface area contributed by atoms with Gasteiger partial charge in [0.05, 0.1) is 0 Å². The number of benzene rings is 1. The van der Waals surface area contributed by atoms with Crippen LogP contribution in [0.2, 0.25) is 0 Å². The first-order chi connectivity index (χ1) is 9.13. The average Bonchev–Trinajstić information content (AvgIpc) is 3.07. The minimum atomic E-state index is 0.0731. The molecule has 0 bridgehead atoms. The van der Waals surface area contributed by atoms with E-state index in [9.17, 15) is 0 Å². The molecule has 0 amide bonds. The molecule has 0 aromatic heterocycles. The highest BCUT2D eigenvalue weighted by molar-refractivity contribution is 5.31. The van der Waals surface area contributed by atoms with Crippen LogP contribution in [0.1, 0.15) is 31.2 Å². The fourth-order valence-electron chi connectivity index (χ4n) is 2.88. The number of nitrogens with two attached hydrogens (primary N) is 1. The fraction of sp³-hybridized carbons (Fsp3) is 0.625. The number of hydrogen-bond acceptors (Lipinski definition) is 3. The summed E-state index contributed by atoms with van der Waals surface area (Å²) >= 11 is 0. The van der Waals surface area contributed by atoms with Gasteiger partial charge in [-0.25, -0.2) is 0 Å². The molecule has 1 aromatic rings. The largest absolute Gasteiger partial charge is 0.489 e. The molecule has 19 heavy (non-hydrogen) atoms. The number of ether oxygens (including phenoxy) is 1. The van der Waals surface area contributed by atoms with Gasteiger partial charge in [-0.1, -0.05) is 12.1 Å². The summed E-state index contributed by atoms with van der Waals surface area (Å²) < 4.78 is 6.12. The Hall–Kier alpha value is -1.06. The van der Waals surface area contributed by atoms with Crippen LogP contribution in [0, 0.1) is 0 Å². The van der Waals surface area contributed by atoms with E-state index >= 15 is 0 Å². The fourth-order valence-corrected chi connectivity index (χ4v) is 2.88. The third kappa shape index (κ3) is 3.48. The molecular weight excluding hydrogens is 236 g/mol. The molecule has 1 aliphatic heterocycles. The molecule has 2 fully saturated rings. The molecule has 2 aliphatic rings. The number of likely N-dealkylation sites (N-methyl/N-ethyl adjacent to an activating group) is 1. The van der Waals surface area contributed by atoms with Gasteiger partial charge in [0.25, 0.3) is 0 Å². The molecule has 104 valence electrons. The van der Waals surface area contributed by atoms with Crippen molar-refractivity contribution in [1.29, 1.82) is 0 Å². The van der Waals surface area contributed by atoms with Gasteiger partial charge in [0.2, 0.25) is 0 Å². The maximum absolute atomic E-state index is 6.18. The molecule has 0 radical (unpaired) electrons. The molecule has 1 saturated heterocycles. The molecule has 2 N–H and O–H groups in total. The number of hydrogen-bond donors (Lipinski definition) is 1. The summed E-state index contributed by atoms with van der Waals surface area (Å²) in [6.07, 6.45) is 6.02. The predicted molar refractivity (Wildman–Crippen MR) is 77.4 cm³/mol. The highest BCUT2D eigenvalue weighted by Gasteiger charge is 2.37. The first kappa shape index (κ1) is 12.9. The van der Waals surface area contributed by atoms with Crippen LogP contribution in [0.15, 0.2) is 24.3 Å². The Bertz CT molecular complexity index is 442. The van der Waals surface area contributed by atoms with Crippen LogP contribution in [0.5, 0.6) is 5.75 Å². The Labute approximate surface area is 115 Å². The van der Waals surface area contributed by atoms with E-state index in [2.05, 4.69) is 36.2 Å². The lowest BCUT2D eigenvalue weighted by Crippen LogP contribution is -2.38. The van der Waals surface area contributed by atoms with Crippen molar-refractivity contribution in [2.75, 3.05) is 20.1 Å². The molecule has 1 aromatic carbocycles. The lowest BCUT2D eigenvalue weighted by molar-refractivity contribution is 0.104. The van der Waals surface area contributed by atoms with Gasteiger partial charge < -0.3 is 15.4 Å². The predicted octanol–water partition coefficient (Wildman–Crippen LogP) is 2.19. The second-order valence-electron chi connectivity index (χ2n) is 6.33. The lowest BCUT2D eigenvalue weighted by Gasteiger charge is -2.30. The molecular formula is C16H24N2O. The van der Waals surface area contributed by atoms with Crippen molar-refractivity contribution in [3.8, 4) is 5.75 Å². The van der Waals surface area contributed by atoms with E-state index in [1.807, 2.05) is 0 Å². The molecule has 1 unspecified atom stereocenters. The SMILES string of the molecule is CN1CCCC(Oc2cccc(CC3(N)CC3)c2)C1. The van der Waals surface area contributed by atoms with Gasteiger partial charge in [-0.05, 0) is 63.4 Å². The quantitative estimate of drug-likeness (QED) is 0.902. The van der Waals surface area contributed by atoms with Gasteiger partial charge >= 0.3 is 0 Å². The molecule has 0 spiro atoms. The molecule has 3 heteroatoms. The summed E-state index contributed by atoms with van der Waals surface area (Å²) in [7, 11) is 2.16. The lowest BCUT2D eigenvalue weighted by atomic mass is 10.0. The van der Waals surface area contributed by atoms with Crippen LogP contribution in [0.3, 0.4) is 0 Å². The molecule has 3 nitrogen and oxygen atoms in total. The molecule has 1 heterocycles. The zero-order valence-corrected chi connectivity index (χ0v) is 11.8. The normalized spacial score (nSPS) is 26.1. The van der Waals surface area contributed by atoms with E-state index in [-0.39, 0.29) is 5.54 Å². The van der Waals surface area contributed by atoms with E-state index in [4.69, 9.17) is 10.5 Å². The molecule has 3 rings (SSSR count). The van der Waals surface area contributed by atoms with Crippen LogP contribution in [-0.4, -0.2) is 36.7 Å². The Morgan fingerprint density at radius 1 is 1.42 bits per heavy atom. The highest BCUT2D eigenvalue weighted by atomic mass is 16.5. The summed E-state index contributed by atoms with van der Waals surface area (Å²) in [6, 6.07) is 8.48. The smallest absolute Gasteiger partial charge is 0.120 e. The molecule has 1 atom stereocenters. The maximum atomic E-state index is 6.18. The van der Waals surface area contributed by atoms with Gasteiger partial charge in [0.15, 0.2) is 0 Å². The second-order valence-corrected chi connectivity index (χ2v) is 6.33. The van der Waals surface area contributed by atoms with E-state index in [1.165, 1.54) is 18.5 Å². The number of rotatable bonds is 4. The van der Waals surface area contributed by atoms with Crippen molar-refractivity contribution in [1.82, 2.24) is 4.90 Å². The monoisotopic (exact) mass is 260 g/mol. The van der Waals surface area contributed by atoms with Gasteiger partial charge in [0.1, 0.15) is 11.9 Å². The zero-order chi connectivity index (χ0) is 13.3. The second kappa shape index (κ2) is 5.14. The van der Waals surface area contributed by atoms with Crippen molar-refractivity contribution in [2.45, 2.75) is 43.7 Å². The minimum Gasteiger partial charge on any atom is -0.489 e. The summed E-state index contributed by atoms with van der Waals surface area (Å²) in [5.41, 5.74) is 7.56. The summed E-state index contributed by atoms with van der Waals surface area (Å²) in [6.45, 7) is 2.22. The first-order valence-electron chi connectivity index (χ1n) is 7.36. The number of nitrogens with zero attached hydrogens (tertiary/aromatic N) is 1. The standard InChI is InChI=1S/C16H24N2O/c1-18-9-3-6-15(12-18)19-14-5-2-4-13(10-14)11-16(17)7-8-16/h2,4-5,10,15H,3,6-9,11-12,17H2,1H3. The van der Waals surface area contributed by atoms with Crippen LogP contribution < -0.4 is 10.5 Å². The Morgan fingerprint density at radius 3 is 3.00 bits per heavy atom. The first-order valence-corrected chi connectivity index (χ1v) is 7.36. The third-order valence-corrected chi connectivity index (χ3v) is 4.23. The Morgan fingerprint density at radius 2 is 2.26 bits per heavy atom. The van der Waals surface area contributed by atoms with Crippen molar-refractivity contribution >= 4 is 0 Å². The maximum Gasteiger partial charge on any atom is 0.120 e. The van der Waals surface area contributed by atoms with Crippen molar-refractivity contribution < 1.29 is 4.74 Å². The van der Waals surface area contributed by atoms with E-state index in [0.29, 0.717) is 6.10 Å². The minimum absolute atomic E-state index is 0.0731. The number of likely N-dealkylation sites (tertiary alicyclic amines) is 1. The highest BCUT2D eigenvalue weighted by Crippen LogP contribution is 2.36. The van der Waals surface area contributed by atoms with Gasteiger partial charge in [-0.3, -0.25) is 0 Å². The van der Waals surface area contributed by atoms with E-state index < -0.39 is 0 Å². The van der Waals surface area contributed by atoms with Crippen molar-refractivity contribution in [3.63, 3.8) is 0 Å². The van der Waals surface area contributed by atoms with Gasteiger partial charge in [-0.15, -0.1) is 0 Å². The Balaban J connectivity index is 1.62. The van der Waals surface area contributed by atoms with Gasteiger partial charge in [0, 0.05) is 12.1 Å². The van der Waals surface area contributed by atoms with Crippen LogP contribution >= 0.6 is 0 Å². The zero-order valence-electron chi connectivity index (χ0n) is 11.8. The summed E-state index contributed by atoms with van der Waals surface area (Å²) in [5, 5.41) is 0. The average molecular weight is 260 g/mol. The van der Waals surface area contributed by atoms with E-state index in [1.54, 1.807) is 0 Å². The van der Waals surface area contributed by atoms with Gasteiger partial charge in [-0.2, -0.15) is 0 Å². The van der Waals surface area contributed by atoms with Crippen LogP contribution in [-0.2, 0) is 6.42 Å².